The van der Waals surface area contributed by atoms with E-state index in [4.69, 9.17) is 5.73 Å². The summed E-state index contributed by atoms with van der Waals surface area (Å²) < 4.78 is 0. The summed E-state index contributed by atoms with van der Waals surface area (Å²) in [5, 5.41) is 6.85. The highest BCUT2D eigenvalue weighted by Gasteiger charge is 2.18. The fourth-order valence-electron chi connectivity index (χ4n) is 3.07. The molecule has 0 atom stereocenters. The summed E-state index contributed by atoms with van der Waals surface area (Å²) in [6.07, 6.45) is 8.30. The molecule has 104 valence electrons. The van der Waals surface area contributed by atoms with Gasteiger partial charge in [0, 0.05) is 24.6 Å². The van der Waals surface area contributed by atoms with E-state index < -0.39 is 0 Å². The van der Waals surface area contributed by atoms with Crippen LogP contribution in [0.25, 0.3) is 0 Å². The van der Waals surface area contributed by atoms with Crippen molar-refractivity contribution in [1.29, 1.82) is 0 Å². The number of anilines is 2. The van der Waals surface area contributed by atoms with Gasteiger partial charge in [-0.25, -0.2) is 4.98 Å². The van der Waals surface area contributed by atoms with Crippen LogP contribution >= 0.6 is 0 Å². The predicted octanol–water partition coefficient (Wildman–Crippen LogP) is 1.49. The molecule has 0 aromatic carbocycles. The molecule has 2 aliphatic rings. The predicted molar refractivity (Wildman–Crippen MR) is 77.2 cm³/mol. The van der Waals surface area contributed by atoms with Crippen LogP contribution in [-0.2, 0) is 12.8 Å². The lowest BCUT2D eigenvalue weighted by atomic mass is 9.96. The molecule has 1 aromatic rings. The third kappa shape index (κ3) is 2.97. The van der Waals surface area contributed by atoms with Crippen LogP contribution in [0.15, 0.2) is 0 Å². The maximum Gasteiger partial charge on any atom is 0.225 e. The Morgan fingerprint density at radius 2 is 1.84 bits per heavy atom. The first-order chi connectivity index (χ1) is 9.33. The zero-order valence-corrected chi connectivity index (χ0v) is 11.4. The maximum absolute atomic E-state index is 6.10. The number of aromatic nitrogens is 2. The van der Waals surface area contributed by atoms with Crippen LogP contribution in [0.4, 0.5) is 11.8 Å². The SMILES string of the molecule is Nc1nc(NC2CCCCC2)nc2c1CCNCC2. The number of hydrogen-bond donors (Lipinski definition) is 3. The van der Waals surface area contributed by atoms with Gasteiger partial charge in [0.05, 0.1) is 5.69 Å². The molecule has 5 nitrogen and oxygen atoms in total. The molecule has 1 aliphatic carbocycles. The van der Waals surface area contributed by atoms with Crippen molar-refractivity contribution in [1.82, 2.24) is 15.3 Å². The zero-order chi connectivity index (χ0) is 13.1. The molecular weight excluding hydrogens is 238 g/mol. The molecule has 1 fully saturated rings. The normalized spacial score (nSPS) is 20.6. The van der Waals surface area contributed by atoms with Gasteiger partial charge in [0.25, 0.3) is 0 Å². The molecule has 0 unspecified atom stereocenters. The number of fused-ring (bicyclic) bond motifs is 1. The van der Waals surface area contributed by atoms with E-state index >= 15 is 0 Å². The van der Waals surface area contributed by atoms with Gasteiger partial charge in [-0.1, -0.05) is 19.3 Å². The molecule has 0 bridgehead atoms. The van der Waals surface area contributed by atoms with Crippen molar-refractivity contribution in [3.05, 3.63) is 11.3 Å². The number of nitrogens with zero attached hydrogens (tertiary/aromatic N) is 2. The van der Waals surface area contributed by atoms with Gasteiger partial charge in [-0.15, -0.1) is 0 Å². The minimum Gasteiger partial charge on any atom is -0.383 e. The molecule has 0 amide bonds. The summed E-state index contributed by atoms with van der Waals surface area (Å²) in [4.78, 5) is 9.14. The number of nitrogens with one attached hydrogen (secondary N) is 2. The summed E-state index contributed by atoms with van der Waals surface area (Å²) in [6, 6.07) is 0.523. The van der Waals surface area contributed by atoms with Crippen LogP contribution in [0.5, 0.6) is 0 Å². The second-order valence-corrected chi connectivity index (χ2v) is 5.59. The van der Waals surface area contributed by atoms with Gasteiger partial charge in [-0.2, -0.15) is 4.98 Å². The lowest BCUT2D eigenvalue weighted by Gasteiger charge is -2.23. The fraction of sp³-hybridized carbons (Fsp3) is 0.714. The summed E-state index contributed by atoms with van der Waals surface area (Å²) >= 11 is 0. The Labute approximate surface area is 114 Å². The van der Waals surface area contributed by atoms with Crippen molar-refractivity contribution in [2.24, 2.45) is 0 Å². The van der Waals surface area contributed by atoms with Gasteiger partial charge in [-0.3, -0.25) is 0 Å². The van der Waals surface area contributed by atoms with Gasteiger partial charge < -0.3 is 16.4 Å². The molecule has 1 aliphatic heterocycles. The maximum atomic E-state index is 6.10. The standard InChI is InChI=1S/C14H23N5/c15-13-11-6-8-16-9-7-12(11)18-14(19-13)17-10-4-2-1-3-5-10/h10,16H,1-9H2,(H3,15,17,18,19). The molecule has 0 spiro atoms. The Kier molecular flexibility index (Phi) is 3.82. The Hall–Kier alpha value is -1.36. The monoisotopic (exact) mass is 261 g/mol. The zero-order valence-electron chi connectivity index (χ0n) is 11.4. The lowest BCUT2D eigenvalue weighted by molar-refractivity contribution is 0.460. The third-order valence-electron chi connectivity index (χ3n) is 4.15. The first-order valence-corrected chi connectivity index (χ1v) is 7.45. The van der Waals surface area contributed by atoms with Crippen LogP contribution in [0.3, 0.4) is 0 Å². The quantitative estimate of drug-likeness (QED) is 0.752. The van der Waals surface area contributed by atoms with Crippen molar-refractivity contribution in [3.63, 3.8) is 0 Å². The topological polar surface area (TPSA) is 75.9 Å². The highest BCUT2D eigenvalue weighted by molar-refractivity contribution is 5.48. The number of rotatable bonds is 2. The van der Waals surface area contributed by atoms with E-state index in [-0.39, 0.29) is 0 Å². The van der Waals surface area contributed by atoms with E-state index in [1.807, 2.05) is 0 Å². The van der Waals surface area contributed by atoms with Crippen LogP contribution in [0, 0.1) is 0 Å². The minimum absolute atomic E-state index is 0.523. The molecule has 0 saturated heterocycles. The first-order valence-electron chi connectivity index (χ1n) is 7.45. The van der Waals surface area contributed by atoms with Gasteiger partial charge in [0.2, 0.25) is 5.95 Å². The van der Waals surface area contributed by atoms with Crippen molar-refractivity contribution >= 4 is 11.8 Å². The minimum atomic E-state index is 0.523. The van der Waals surface area contributed by atoms with Crippen molar-refractivity contribution < 1.29 is 0 Å². The van der Waals surface area contributed by atoms with E-state index in [2.05, 4.69) is 20.6 Å². The largest absolute Gasteiger partial charge is 0.383 e. The molecule has 0 radical (unpaired) electrons. The number of hydrogen-bond acceptors (Lipinski definition) is 5. The molecule has 3 rings (SSSR count). The smallest absolute Gasteiger partial charge is 0.225 e. The second-order valence-electron chi connectivity index (χ2n) is 5.59. The van der Waals surface area contributed by atoms with E-state index in [1.54, 1.807) is 0 Å². The summed E-state index contributed by atoms with van der Waals surface area (Å²) in [7, 11) is 0. The number of nitrogens with two attached hydrogens (primary N) is 1. The van der Waals surface area contributed by atoms with Crippen molar-refractivity contribution in [2.45, 2.75) is 51.0 Å². The average Bonchev–Trinajstić information content (AvgIpc) is 2.65. The van der Waals surface area contributed by atoms with Crippen molar-refractivity contribution in [3.8, 4) is 0 Å². The highest BCUT2D eigenvalue weighted by Crippen LogP contribution is 2.23. The molecule has 19 heavy (non-hydrogen) atoms. The molecule has 2 heterocycles. The number of nitrogen functional groups attached to an aromatic ring is 1. The Bertz CT molecular complexity index is 440. The third-order valence-corrected chi connectivity index (χ3v) is 4.15. The summed E-state index contributed by atoms with van der Waals surface area (Å²) in [6.45, 7) is 1.95. The molecule has 1 aromatic heterocycles. The van der Waals surface area contributed by atoms with Gasteiger partial charge in [0.1, 0.15) is 5.82 Å². The highest BCUT2D eigenvalue weighted by atomic mass is 15.1. The molecule has 4 N–H and O–H groups in total. The van der Waals surface area contributed by atoms with Gasteiger partial charge in [-0.05, 0) is 25.8 Å². The molecule has 5 heteroatoms. The molecular formula is C14H23N5. The Morgan fingerprint density at radius 1 is 1.05 bits per heavy atom. The van der Waals surface area contributed by atoms with E-state index in [9.17, 15) is 0 Å². The van der Waals surface area contributed by atoms with Crippen LogP contribution in [0.1, 0.15) is 43.4 Å². The Balaban J connectivity index is 1.78. The van der Waals surface area contributed by atoms with E-state index in [1.165, 1.54) is 32.1 Å². The van der Waals surface area contributed by atoms with Crippen molar-refractivity contribution in [2.75, 3.05) is 24.1 Å². The van der Waals surface area contributed by atoms with Gasteiger partial charge >= 0.3 is 0 Å². The molecule has 1 saturated carbocycles. The first kappa shape index (κ1) is 12.7. The van der Waals surface area contributed by atoms with Crippen LogP contribution in [0.2, 0.25) is 0 Å². The summed E-state index contributed by atoms with van der Waals surface area (Å²) in [5.41, 5.74) is 8.36. The Morgan fingerprint density at radius 3 is 2.68 bits per heavy atom. The second kappa shape index (κ2) is 5.74. The fourth-order valence-corrected chi connectivity index (χ4v) is 3.07. The van der Waals surface area contributed by atoms with Gasteiger partial charge in [0.15, 0.2) is 0 Å². The van der Waals surface area contributed by atoms with E-state index in [0.29, 0.717) is 11.9 Å². The lowest BCUT2D eigenvalue weighted by Crippen LogP contribution is -2.24. The summed E-state index contributed by atoms with van der Waals surface area (Å²) in [5.74, 6) is 1.39. The van der Waals surface area contributed by atoms with E-state index in [0.717, 1.165) is 43.1 Å². The average molecular weight is 261 g/mol. The van der Waals surface area contributed by atoms with Crippen LogP contribution in [-0.4, -0.2) is 29.1 Å². The van der Waals surface area contributed by atoms with Crippen LogP contribution < -0.4 is 16.4 Å².